The highest BCUT2D eigenvalue weighted by Gasteiger charge is 2.57. The molecule has 4 aliphatic rings. The van der Waals surface area contributed by atoms with Gasteiger partial charge in [-0.3, -0.25) is 4.79 Å². The van der Waals surface area contributed by atoms with Crippen molar-refractivity contribution in [2.24, 2.45) is 11.1 Å². The van der Waals surface area contributed by atoms with Crippen molar-refractivity contribution in [2.45, 2.75) is 49.6 Å². The first-order valence-electron chi connectivity index (χ1n) is 10.7. The lowest BCUT2D eigenvalue weighted by atomic mass is 9.51. The minimum atomic E-state index is -1.62. The van der Waals surface area contributed by atoms with Crippen molar-refractivity contribution >= 4 is 5.91 Å². The van der Waals surface area contributed by atoms with Crippen LogP contribution in [-0.2, 0) is 10.2 Å². The lowest BCUT2D eigenvalue weighted by Gasteiger charge is -2.56. The first kappa shape index (κ1) is 21.2. The Labute approximate surface area is 175 Å². The summed E-state index contributed by atoms with van der Waals surface area (Å²) in [6.07, 6.45) is 5.77. The van der Waals surface area contributed by atoms with E-state index in [9.17, 15) is 13.6 Å². The number of benzene rings is 1. The van der Waals surface area contributed by atoms with Gasteiger partial charge < -0.3 is 20.5 Å². The minimum Gasteiger partial charge on any atom is -0.489 e. The Balaban J connectivity index is 1.38. The summed E-state index contributed by atoms with van der Waals surface area (Å²) in [4.78, 5) is 14.6. The van der Waals surface area contributed by atoms with Crippen LogP contribution in [0.4, 0.5) is 8.78 Å². The molecule has 7 heteroatoms. The Bertz CT molecular complexity index is 794. The molecule has 1 heterocycles. The largest absolute Gasteiger partial charge is 0.489 e. The predicted molar refractivity (Wildman–Crippen MR) is 110 cm³/mol. The fourth-order valence-corrected chi connectivity index (χ4v) is 5.37. The highest BCUT2D eigenvalue weighted by molar-refractivity contribution is 5.84. The second kappa shape index (κ2) is 7.93. The third kappa shape index (κ3) is 3.62. The standard InChI is InChI=1S/C23H30F2N2O3/c24-11-17(12-26)13-30-19-3-1-18(2-4-19)21-5-8-22(9-6-21,10-7-21)20(29)27-14-23(25,15-27)16-28/h1-4,11,28H,5-10,12-16,26H2/b17-11+. The van der Waals surface area contributed by atoms with Crippen molar-refractivity contribution in [3.05, 3.63) is 41.7 Å². The number of hydrogen-bond donors (Lipinski definition) is 2. The molecule has 1 aromatic carbocycles. The Hall–Kier alpha value is -1.99. The molecule has 1 aromatic rings. The van der Waals surface area contributed by atoms with E-state index in [0.717, 1.165) is 38.5 Å². The molecule has 164 valence electrons. The first-order chi connectivity index (χ1) is 14.4. The van der Waals surface area contributed by atoms with Gasteiger partial charge in [-0.15, -0.1) is 0 Å². The average Bonchev–Trinajstić information content (AvgIpc) is 2.78. The number of aliphatic hydroxyl groups excluding tert-OH is 1. The average molecular weight is 421 g/mol. The van der Waals surface area contributed by atoms with Gasteiger partial charge in [-0.25, -0.2) is 8.78 Å². The van der Waals surface area contributed by atoms with Crippen LogP contribution >= 0.6 is 0 Å². The van der Waals surface area contributed by atoms with Crippen LogP contribution in [0.1, 0.15) is 44.1 Å². The van der Waals surface area contributed by atoms with Gasteiger partial charge in [0.15, 0.2) is 5.67 Å². The maximum absolute atomic E-state index is 14.0. The zero-order valence-corrected chi connectivity index (χ0v) is 17.2. The number of aliphatic hydroxyl groups is 1. The zero-order chi connectivity index (χ0) is 21.4. The van der Waals surface area contributed by atoms with Crippen LogP contribution in [0.3, 0.4) is 0 Å². The number of nitrogens with two attached hydrogens (primary N) is 1. The first-order valence-corrected chi connectivity index (χ1v) is 10.7. The van der Waals surface area contributed by atoms with Crippen LogP contribution in [0.25, 0.3) is 0 Å². The van der Waals surface area contributed by atoms with E-state index >= 15 is 0 Å². The summed E-state index contributed by atoms with van der Waals surface area (Å²) in [6.45, 7) is -0.235. The normalized spacial score (nSPS) is 30.1. The Morgan fingerprint density at radius 2 is 1.73 bits per heavy atom. The van der Waals surface area contributed by atoms with E-state index in [-0.39, 0.29) is 43.0 Å². The summed E-state index contributed by atoms with van der Waals surface area (Å²) < 4.78 is 32.2. The monoisotopic (exact) mass is 420 g/mol. The smallest absolute Gasteiger partial charge is 0.229 e. The predicted octanol–water partition coefficient (Wildman–Crippen LogP) is 3.01. The van der Waals surface area contributed by atoms with Crippen LogP contribution in [0.5, 0.6) is 5.75 Å². The van der Waals surface area contributed by atoms with E-state index in [1.54, 1.807) is 4.90 Å². The van der Waals surface area contributed by atoms with Crippen LogP contribution in [0.15, 0.2) is 36.2 Å². The number of rotatable bonds is 7. The lowest BCUT2D eigenvalue weighted by Crippen LogP contribution is -2.66. The molecule has 3 aliphatic carbocycles. The highest BCUT2D eigenvalue weighted by Crippen LogP contribution is 2.58. The summed E-state index contributed by atoms with van der Waals surface area (Å²) in [5.41, 5.74) is 5.20. The molecular formula is C23H30F2N2O3. The molecule has 0 aromatic heterocycles. The van der Waals surface area contributed by atoms with E-state index in [0.29, 0.717) is 17.7 Å². The van der Waals surface area contributed by atoms with Crippen molar-refractivity contribution in [1.29, 1.82) is 0 Å². The minimum absolute atomic E-state index is 0.0140. The topological polar surface area (TPSA) is 75.8 Å². The molecule has 0 spiro atoms. The Kier molecular flexibility index (Phi) is 5.62. The van der Waals surface area contributed by atoms with E-state index in [2.05, 4.69) is 12.1 Å². The number of ether oxygens (including phenoxy) is 1. The molecule has 1 amide bonds. The van der Waals surface area contributed by atoms with E-state index < -0.39 is 12.3 Å². The molecule has 5 rings (SSSR count). The van der Waals surface area contributed by atoms with Crippen molar-refractivity contribution < 1.29 is 23.4 Å². The van der Waals surface area contributed by atoms with Gasteiger partial charge in [0.1, 0.15) is 12.4 Å². The lowest BCUT2D eigenvalue weighted by molar-refractivity contribution is -0.166. The van der Waals surface area contributed by atoms with Crippen LogP contribution in [-0.4, -0.2) is 54.4 Å². The number of likely N-dealkylation sites (tertiary alicyclic amines) is 1. The number of halogens is 2. The van der Waals surface area contributed by atoms with Gasteiger partial charge in [-0.2, -0.15) is 0 Å². The molecule has 1 aliphatic heterocycles. The zero-order valence-electron chi connectivity index (χ0n) is 17.2. The molecule has 1 saturated heterocycles. The SMILES string of the molecule is NC/C(=C\F)COc1ccc(C23CCC(C(=O)N4CC(F)(CO)C4)(CC2)CC3)cc1. The van der Waals surface area contributed by atoms with Crippen molar-refractivity contribution in [3.8, 4) is 5.75 Å². The van der Waals surface area contributed by atoms with Crippen LogP contribution < -0.4 is 10.5 Å². The molecule has 0 radical (unpaired) electrons. The summed E-state index contributed by atoms with van der Waals surface area (Å²) in [5.74, 6) is 0.744. The quantitative estimate of drug-likeness (QED) is 0.711. The molecule has 3 N–H and O–H groups in total. The molecule has 3 saturated carbocycles. The van der Waals surface area contributed by atoms with Gasteiger partial charge in [0, 0.05) is 17.5 Å². The molecule has 5 nitrogen and oxygen atoms in total. The highest BCUT2D eigenvalue weighted by atomic mass is 19.1. The summed E-state index contributed by atoms with van der Waals surface area (Å²) in [5, 5.41) is 9.10. The summed E-state index contributed by atoms with van der Waals surface area (Å²) in [7, 11) is 0. The van der Waals surface area contributed by atoms with Gasteiger partial charge in [0.2, 0.25) is 5.91 Å². The van der Waals surface area contributed by atoms with Crippen molar-refractivity contribution in [2.75, 3.05) is 32.8 Å². The fourth-order valence-electron chi connectivity index (χ4n) is 5.37. The van der Waals surface area contributed by atoms with E-state index in [4.69, 9.17) is 15.6 Å². The number of alkyl halides is 1. The maximum Gasteiger partial charge on any atom is 0.229 e. The van der Waals surface area contributed by atoms with Gasteiger partial charge >= 0.3 is 0 Å². The number of fused-ring (bicyclic) bond motifs is 3. The fraction of sp³-hybridized carbons (Fsp3) is 0.609. The Morgan fingerprint density at radius 3 is 2.23 bits per heavy atom. The molecule has 0 unspecified atom stereocenters. The van der Waals surface area contributed by atoms with E-state index in [1.807, 2.05) is 12.1 Å². The number of hydrogen-bond acceptors (Lipinski definition) is 4. The molecule has 2 bridgehead atoms. The third-order valence-electron chi connectivity index (χ3n) is 7.53. The molecule has 0 atom stereocenters. The molecule has 30 heavy (non-hydrogen) atoms. The molecular weight excluding hydrogens is 390 g/mol. The second-order valence-corrected chi connectivity index (χ2v) is 9.32. The number of carbonyl (C=O) groups excluding carboxylic acids is 1. The number of amides is 1. The van der Waals surface area contributed by atoms with Gasteiger partial charge in [0.25, 0.3) is 0 Å². The summed E-state index contributed by atoms with van der Waals surface area (Å²) >= 11 is 0. The second-order valence-electron chi connectivity index (χ2n) is 9.32. The Morgan fingerprint density at radius 1 is 1.13 bits per heavy atom. The van der Waals surface area contributed by atoms with Crippen LogP contribution in [0.2, 0.25) is 0 Å². The van der Waals surface area contributed by atoms with Crippen molar-refractivity contribution in [3.63, 3.8) is 0 Å². The maximum atomic E-state index is 14.0. The number of carbonyl (C=O) groups is 1. The van der Waals surface area contributed by atoms with Gasteiger partial charge in [-0.05, 0) is 61.6 Å². The van der Waals surface area contributed by atoms with Crippen LogP contribution in [0, 0.1) is 5.41 Å². The van der Waals surface area contributed by atoms with Gasteiger partial charge in [-0.1, -0.05) is 12.1 Å². The van der Waals surface area contributed by atoms with Gasteiger partial charge in [0.05, 0.1) is 26.0 Å². The summed E-state index contributed by atoms with van der Waals surface area (Å²) in [6, 6.07) is 7.97. The van der Waals surface area contributed by atoms with Crippen molar-refractivity contribution in [1.82, 2.24) is 4.90 Å². The third-order valence-corrected chi connectivity index (χ3v) is 7.53. The molecule has 4 fully saturated rings. The van der Waals surface area contributed by atoms with E-state index in [1.165, 1.54) is 5.56 Å². The number of nitrogens with zero attached hydrogens (tertiary/aromatic N) is 1.